The molecule has 1 fully saturated rings. The maximum atomic E-state index is 12.4. The van der Waals surface area contributed by atoms with Gasteiger partial charge in [-0.3, -0.25) is 0 Å². The number of carboxylic acid groups (broad SMARTS) is 1. The summed E-state index contributed by atoms with van der Waals surface area (Å²) < 4.78 is 26.0. The van der Waals surface area contributed by atoms with Gasteiger partial charge in [-0.2, -0.15) is 4.31 Å². The fourth-order valence-electron chi connectivity index (χ4n) is 2.51. The van der Waals surface area contributed by atoms with Crippen LogP contribution in [-0.2, 0) is 10.0 Å². The average Bonchev–Trinajstić information content (AvgIpc) is 2.89. The molecule has 0 bridgehead atoms. The molecule has 0 spiro atoms. The molecule has 8 heteroatoms. The Balaban J connectivity index is 2.26. The highest BCUT2D eigenvalue weighted by atomic mass is 32.2. The first-order valence-corrected chi connectivity index (χ1v) is 7.86. The van der Waals surface area contributed by atoms with Gasteiger partial charge < -0.3 is 15.2 Å². The van der Waals surface area contributed by atoms with Gasteiger partial charge in [0, 0.05) is 13.2 Å². The van der Waals surface area contributed by atoms with Crippen molar-refractivity contribution >= 4 is 16.0 Å². The van der Waals surface area contributed by atoms with Crippen molar-refractivity contribution in [2.24, 2.45) is 0 Å². The predicted octanol–water partition coefficient (Wildman–Crippen LogP) is 0.637. The van der Waals surface area contributed by atoms with Gasteiger partial charge >= 0.3 is 5.97 Å². The number of rotatable bonds is 4. The van der Waals surface area contributed by atoms with E-state index >= 15 is 0 Å². The second-order valence-electron chi connectivity index (χ2n) is 4.99. The summed E-state index contributed by atoms with van der Waals surface area (Å²) in [7, 11) is -2.39. The molecule has 0 aliphatic heterocycles. The third-order valence-corrected chi connectivity index (χ3v) is 5.59. The topological polar surface area (TPSA) is 111 Å². The molecular weight excluding hydrogens is 284 g/mol. The van der Waals surface area contributed by atoms with Crippen molar-refractivity contribution in [1.82, 2.24) is 9.29 Å². The number of aromatic carboxylic acids is 1. The predicted molar refractivity (Wildman–Crippen MR) is 71.0 cm³/mol. The molecule has 1 aromatic rings. The van der Waals surface area contributed by atoms with Crippen LogP contribution in [0.25, 0.3) is 0 Å². The lowest BCUT2D eigenvalue weighted by Crippen LogP contribution is -2.46. The third kappa shape index (κ3) is 2.72. The van der Waals surface area contributed by atoms with Gasteiger partial charge in [-0.25, -0.2) is 13.2 Å². The zero-order chi connectivity index (χ0) is 14.9. The Kier molecular flexibility index (Phi) is 4.17. The molecule has 1 aromatic heterocycles. The molecule has 2 rings (SSSR count). The number of sulfonamides is 1. The Morgan fingerprint density at radius 2 is 2.05 bits per heavy atom. The van der Waals surface area contributed by atoms with Gasteiger partial charge in [0.2, 0.25) is 10.0 Å². The Hall–Kier alpha value is -1.38. The molecule has 3 N–H and O–H groups in total. The number of nitrogens with zero attached hydrogens (tertiary/aromatic N) is 1. The van der Waals surface area contributed by atoms with Crippen molar-refractivity contribution in [2.75, 3.05) is 7.05 Å². The Morgan fingerprint density at radius 3 is 2.60 bits per heavy atom. The van der Waals surface area contributed by atoms with Crippen molar-refractivity contribution in [3.05, 3.63) is 18.0 Å². The molecule has 1 saturated carbocycles. The summed E-state index contributed by atoms with van der Waals surface area (Å²) in [5.41, 5.74) is -0.179. The van der Waals surface area contributed by atoms with Crippen LogP contribution in [0.4, 0.5) is 0 Å². The van der Waals surface area contributed by atoms with E-state index in [0.29, 0.717) is 12.8 Å². The standard InChI is InChI=1S/C12H18N2O5S/c1-14(10-4-2-3-5-11(10)15)20(18,19)8-6-9(12(16)17)13-7-8/h6-7,10-11,13,15H,2-5H2,1H3,(H,16,17). The van der Waals surface area contributed by atoms with E-state index in [1.54, 1.807) is 0 Å². The van der Waals surface area contributed by atoms with Crippen LogP contribution in [0.15, 0.2) is 17.2 Å². The monoisotopic (exact) mass is 302 g/mol. The number of hydrogen-bond donors (Lipinski definition) is 3. The number of likely N-dealkylation sites (N-methyl/N-ethyl adjacent to an activating group) is 1. The lowest BCUT2D eigenvalue weighted by Gasteiger charge is -2.34. The number of aliphatic hydroxyl groups is 1. The van der Waals surface area contributed by atoms with Crippen LogP contribution in [0.3, 0.4) is 0 Å². The summed E-state index contributed by atoms with van der Waals surface area (Å²) >= 11 is 0. The molecule has 2 atom stereocenters. The summed E-state index contributed by atoms with van der Waals surface area (Å²) in [6, 6.07) is 0.626. The maximum Gasteiger partial charge on any atom is 0.352 e. The number of H-pyrrole nitrogens is 1. The highest BCUT2D eigenvalue weighted by molar-refractivity contribution is 7.89. The minimum Gasteiger partial charge on any atom is -0.477 e. The van der Waals surface area contributed by atoms with Gasteiger partial charge in [-0.15, -0.1) is 0 Å². The largest absolute Gasteiger partial charge is 0.477 e. The Labute approximate surface area is 117 Å². The van der Waals surface area contributed by atoms with Gasteiger partial charge in [0.1, 0.15) is 10.6 Å². The van der Waals surface area contributed by atoms with Crippen molar-refractivity contribution in [3.8, 4) is 0 Å². The smallest absolute Gasteiger partial charge is 0.352 e. The highest BCUT2D eigenvalue weighted by Crippen LogP contribution is 2.27. The minimum atomic E-state index is -3.81. The van der Waals surface area contributed by atoms with E-state index in [0.717, 1.165) is 29.4 Å². The van der Waals surface area contributed by atoms with Gasteiger partial charge in [0.15, 0.2) is 0 Å². The molecule has 1 heterocycles. The molecule has 7 nitrogen and oxygen atoms in total. The molecule has 1 aliphatic carbocycles. The molecule has 1 aliphatic rings. The van der Waals surface area contributed by atoms with E-state index in [-0.39, 0.29) is 10.6 Å². The van der Waals surface area contributed by atoms with Gasteiger partial charge in [0.25, 0.3) is 0 Å². The van der Waals surface area contributed by atoms with Crippen LogP contribution in [-0.4, -0.2) is 53.1 Å². The summed E-state index contributed by atoms with van der Waals surface area (Å²) in [4.78, 5) is 13.1. The van der Waals surface area contributed by atoms with Crippen molar-refractivity contribution in [1.29, 1.82) is 0 Å². The van der Waals surface area contributed by atoms with E-state index < -0.39 is 28.1 Å². The zero-order valence-corrected chi connectivity index (χ0v) is 11.9. The quantitative estimate of drug-likeness (QED) is 0.755. The summed E-state index contributed by atoms with van der Waals surface area (Å²) in [6.45, 7) is 0. The Morgan fingerprint density at radius 1 is 1.40 bits per heavy atom. The zero-order valence-electron chi connectivity index (χ0n) is 11.1. The van der Waals surface area contributed by atoms with E-state index in [1.807, 2.05) is 0 Å². The van der Waals surface area contributed by atoms with Crippen molar-refractivity contribution in [3.63, 3.8) is 0 Å². The van der Waals surface area contributed by atoms with Crippen LogP contribution < -0.4 is 0 Å². The first-order chi connectivity index (χ1) is 9.34. The first-order valence-electron chi connectivity index (χ1n) is 6.42. The molecule has 20 heavy (non-hydrogen) atoms. The van der Waals surface area contributed by atoms with Crippen LogP contribution >= 0.6 is 0 Å². The summed E-state index contributed by atoms with van der Waals surface area (Å²) in [6.07, 6.45) is 3.42. The second-order valence-corrected chi connectivity index (χ2v) is 6.99. The van der Waals surface area contributed by atoms with Crippen molar-refractivity contribution in [2.45, 2.75) is 42.7 Å². The molecule has 0 amide bonds. The molecule has 0 radical (unpaired) electrons. The lowest BCUT2D eigenvalue weighted by atomic mass is 9.93. The normalized spacial score (nSPS) is 23.9. The third-order valence-electron chi connectivity index (χ3n) is 3.72. The van der Waals surface area contributed by atoms with Crippen LogP contribution in [0, 0.1) is 0 Å². The fraction of sp³-hybridized carbons (Fsp3) is 0.583. The summed E-state index contributed by atoms with van der Waals surface area (Å²) in [5, 5.41) is 18.7. The van der Waals surface area contributed by atoms with Gasteiger partial charge in [-0.1, -0.05) is 12.8 Å². The SMILES string of the molecule is CN(C1CCCCC1O)S(=O)(=O)c1c[nH]c(C(=O)O)c1. The second kappa shape index (κ2) is 5.55. The molecule has 112 valence electrons. The Bertz CT molecular complexity index is 595. The number of carbonyl (C=O) groups is 1. The lowest BCUT2D eigenvalue weighted by molar-refractivity contribution is 0.0637. The maximum absolute atomic E-state index is 12.4. The molecular formula is C12H18N2O5S. The van der Waals surface area contributed by atoms with Crippen molar-refractivity contribution < 1.29 is 23.4 Å². The van der Waals surface area contributed by atoms with Crippen LogP contribution in [0.2, 0.25) is 0 Å². The molecule has 0 aromatic carbocycles. The highest BCUT2D eigenvalue weighted by Gasteiger charge is 2.34. The number of aromatic nitrogens is 1. The first kappa shape index (κ1) is 15.0. The van der Waals surface area contributed by atoms with Crippen LogP contribution in [0.5, 0.6) is 0 Å². The number of aromatic amines is 1. The van der Waals surface area contributed by atoms with E-state index in [2.05, 4.69) is 4.98 Å². The van der Waals surface area contributed by atoms with E-state index in [9.17, 15) is 18.3 Å². The molecule has 2 unspecified atom stereocenters. The minimum absolute atomic E-state index is 0.102. The van der Waals surface area contributed by atoms with Gasteiger partial charge in [0.05, 0.1) is 12.1 Å². The van der Waals surface area contributed by atoms with Gasteiger partial charge in [-0.05, 0) is 18.9 Å². The van der Waals surface area contributed by atoms with E-state index in [1.165, 1.54) is 7.05 Å². The van der Waals surface area contributed by atoms with E-state index in [4.69, 9.17) is 5.11 Å². The number of hydrogen-bond acceptors (Lipinski definition) is 4. The molecule has 0 saturated heterocycles. The summed E-state index contributed by atoms with van der Waals surface area (Å²) in [5.74, 6) is -1.22. The van der Waals surface area contributed by atoms with Crippen LogP contribution in [0.1, 0.15) is 36.2 Å². The fourth-order valence-corrected chi connectivity index (χ4v) is 3.92. The average molecular weight is 302 g/mol. The number of aliphatic hydroxyl groups excluding tert-OH is 1. The number of carboxylic acids is 1. The number of nitrogens with one attached hydrogen (secondary N) is 1.